The minimum absolute atomic E-state index is 0.310. The van der Waals surface area contributed by atoms with Crippen molar-refractivity contribution >= 4 is 32.8 Å². The zero-order chi connectivity index (χ0) is 25.4. The number of aromatic amines is 1. The summed E-state index contributed by atoms with van der Waals surface area (Å²) in [7, 11) is -2.85. The minimum atomic E-state index is -2.85. The van der Waals surface area contributed by atoms with Gasteiger partial charge in [-0.25, -0.2) is 13.4 Å². The van der Waals surface area contributed by atoms with Gasteiger partial charge in [-0.3, -0.25) is 4.90 Å². The van der Waals surface area contributed by atoms with Gasteiger partial charge in [0.15, 0.2) is 0 Å². The van der Waals surface area contributed by atoms with Crippen LogP contribution in [-0.4, -0.2) is 47.4 Å². The summed E-state index contributed by atoms with van der Waals surface area (Å²) in [5, 5.41) is 4.25. The number of hydrogen-bond acceptors (Lipinski definition) is 5. The third-order valence-electron chi connectivity index (χ3n) is 7.50. The van der Waals surface area contributed by atoms with Crippen molar-refractivity contribution < 1.29 is 8.42 Å². The predicted octanol–water partition coefficient (Wildman–Crippen LogP) is 6.08. The maximum atomic E-state index is 11.9. The lowest BCUT2D eigenvalue weighted by atomic mass is 9.95. The summed E-state index contributed by atoms with van der Waals surface area (Å²) in [4.78, 5) is 10.5. The molecule has 190 valence electrons. The molecule has 0 atom stereocenters. The number of nitrogens with zero attached hydrogens (tertiary/aromatic N) is 2. The van der Waals surface area contributed by atoms with Gasteiger partial charge in [-0.05, 0) is 60.2 Å². The van der Waals surface area contributed by atoms with E-state index in [4.69, 9.17) is 11.6 Å². The number of aromatic nitrogens is 2. The number of imidazole rings is 1. The Morgan fingerprint density at radius 1 is 1.00 bits per heavy atom. The molecule has 0 radical (unpaired) electrons. The fourth-order valence-corrected chi connectivity index (χ4v) is 7.14. The van der Waals surface area contributed by atoms with Gasteiger partial charge < -0.3 is 10.3 Å². The first kappa shape index (κ1) is 24.2. The van der Waals surface area contributed by atoms with Gasteiger partial charge in [0, 0.05) is 36.1 Å². The van der Waals surface area contributed by atoms with E-state index in [1.54, 1.807) is 0 Å². The first-order chi connectivity index (χ1) is 17.9. The second-order valence-electron chi connectivity index (χ2n) is 9.88. The van der Waals surface area contributed by atoms with E-state index < -0.39 is 9.84 Å². The second-order valence-corrected chi connectivity index (χ2v) is 12.6. The first-order valence-electron chi connectivity index (χ1n) is 12.7. The average Bonchev–Trinajstić information content (AvgIpc) is 3.40. The molecule has 4 aromatic rings. The predicted molar refractivity (Wildman–Crippen MR) is 150 cm³/mol. The van der Waals surface area contributed by atoms with Crippen LogP contribution in [0.5, 0.6) is 0 Å². The Kier molecular flexibility index (Phi) is 6.53. The van der Waals surface area contributed by atoms with Gasteiger partial charge in [0.05, 0.1) is 28.4 Å². The maximum Gasteiger partial charge on any atom is 0.150 e. The molecule has 0 unspecified atom stereocenters. The van der Waals surface area contributed by atoms with E-state index in [0.29, 0.717) is 22.6 Å². The average molecular weight is 533 g/mol. The monoisotopic (exact) mass is 532 g/mol. The normalized spacial score (nSPS) is 17.9. The van der Waals surface area contributed by atoms with Gasteiger partial charge in [0.25, 0.3) is 0 Å². The van der Waals surface area contributed by atoms with Crippen molar-refractivity contribution in [2.24, 2.45) is 0 Å². The van der Waals surface area contributed by atoms with E-state index in [9.17, 15) is 8.42 Å². The molecule has 0 amide bonds. The molecule has 3 aromatic carbocycles. The van der Waals surface area contributed by atoms with E-state index in [1.165, 1.54) is 11.1 Å². The number of halogens is 1. The Balaban J connectivity index is 1.21. The number of sulfone groups is 1. The van der Waals surface area contributed by atoms with Crippen molar-refractivity contribution in [1.82, 2.24) is 14.9 Å². The van der Waals surface area contributed by atoms with E-state index in [-0.39, 0.29) is 0 Å². The van der Waals surface area contributed by atoms with Gasteiger partial charge >= 0.3 is 0 Å². The number of nitrogens with one attached hydrogen (secondary N) is 2. The summed E-state index contributed by atoms with van der Waals surface area (Å²) in [5.41, 5.74) is 7.54. The van der Waals surface area contributed by atoms with Crippen LogP contribution in [-0.2, 0) is 22.8 Å². The molecule has 37 heavy (non-hydrogen) atoms. The summed E-state index contributed by atoms with van der Waals surface area (Å²) in [5.74, 6) is 1.35. The van der Waals surface area contributed by atoms with Gasteiger partial charge in [0.1, 0.15) is 15.7 Å². The van der Waals surface area contributed by atoms with Crippen LogP contribution in [0.2, 0.25) is 5.02 Å². The minimum Gasteiger partial charge on any atom is -0.355 e. The highest BCUT2D eigenvalue weighted by atomic mass is 35.5. The zero-order valence-corrected chi connectivity index (χ0v) is 22.0. The molecule has 8 heteroatoms. The lowest BCUT2D eigenvalue weighted by molar-refractivity contribution is 0.167. The van der Waals surface area contributed by atoms with Crippen LogP contribution >= 0.6 is 11.6 Å². The Morgan fingerprint density at radius 3 is 2.62 bits per heavy atom. The van der Waals surface area contributed by atoms with Crippen LogP contribution in [0.4, 0.5) is 11.4 Å². The summed E-state index contributed by atoms with van der Waals surface area (Å²) < 4.78 is 23.7. The van der Waals surface area contributed by atoms with Crippen molar-refractivity contribution in [3.05, 3.63) is 89.1 Å². The van der Waals surface area contributed by atoms with Crippen LogP contribution in [0.25, 0.3) is 22.6 Å². The van der Waals surface area contributed by atoms with Crippen molar-refractivity contribution in [1.29, 1.82) is 0 Å². The standard InChI is InChI=1S/C29H29ClN4O2S/c30-26-10-9-22(17-25(26)29-31-18-28(33-29)20-5-2-1-3-6-20)32-27-8-4-7-21-19-34(14-11-24(21)27)23-12-15-37(35,36)16-13-23/h1-10,17-18,23,32H,11-16,19H2,(H,31,33). The molecule has 1 saturated heterocycles. The van der Waals surface area contributed by atoms with E-state index in [1.807, 2.05) is 54.7 Å². The number of fused-ring (bicyclic) bond motifs is 1. The van der Waals surface area contributed by atoms with Crippen molar-refractivity contribution in [3.63, 3.8) is 0 Å². The van der Waals surface area contributed by atoms with Crippen LogP contribution < -0.4 is 5.32 Å². The molecule has 0 saturated carbocycles. The highest BCUT2D eigenvalue weighted by molar-refractivity contribution is 7.91. The molecule has 2 aliphatic heterocycles. The number of H-pyrrole nitrogens is 1. The summed E-state index contributed by atoms with van der Waals surface area (Å²) in [6.07, 6.45) is 4.24. The number of hydrogen-bond donors (Lipinski definition) is 2. The largest absolute Gasteiger partial charge is 0.355 e. The van der Waals surface area contributed by atoms with E-state index >= 15 is 0 Å². The third kappa shape index (κ3) is 5.17. The third-order valence-corrected chi connectivity index (χ3v) is 9.54. The smallest absolute Gasteiger partial charge is 0.150 e. The Labute approximate surface area is 222 Å². The summed E-state index contributed by atoms with van der Waals surface area (Å²) >= 11 is 6.58. The Bertz CT molecular complexity index is 1520. The lowest BCUT2D eigenvalue weighted by Gasteiger charge is -2.38. The highest BCUT2D eigenvalue weighted by Crippen LogP contribution is 2.34. The fourth-order valence-electron chi connectivity index (χ4n) is 5.47. The SMILES string of the molecule is O=S1(=O)CCC(N2CCc3c(cccc3Nc3ccc(Cl)c(-c4ncc(-c5ccccc5)[nH]4)c3)C2)CC1. The molecule has 6 nitrogen and oxygen atoms in total. The molecule has 0 aliphatic carbocycles. The lowest BCUT2D eigenvalue weighted by Crippen LogP contribution is -2.43. The fraction of sp³-hybridized carbons (Fsp3) is 0.276. The van der Waals surface area contributed by atoms with Crippen LogP contribution in [0.15, 0.2) is 72.9 Å². The van der Waals surface area contributed by atoms with Gasteiger partial charge in [0.2, 0.25) is 0 Å². The molecule has 3 heterocycles. The Morgan fingerprint density at radius 2 is 1.81 bits per heavy atom. The molecular weight excluding hydrogens is 504 g/mol. The zero-order valence-electron chi connectivity index (χ0n) is 20.5. The molecule has 1 aromatic heterocycles. The molecule has 0 spiro atoms. The summed E-state index contributed by atoms with van der Waals surface area (Å²) in [6, 6.07) is 22.8. The number of benzene rings is 3. The maximum absolute atomic E-state index is 11.9. The first-order valence-corrected chi connectivity index (χ1v) is 14.9. The van der Waals surface area contributed by atoms with Crippen LogP contribution in [0.3, 0.4) is 0 Å². The van der Waals surface area contributed by atoms with Crippen LogP contribution in [0.1, 0.15) is 24.0 Å². The molecule has 0 bridgehead atoms. The van der Waals surface area contributed by atoms with Gasteiger partial charge in [-0.15, -0.1) is 0 Å². The van der Waals surface area contributed by atoms with Gasteiger partial charge in [-0.2, -0.15) is 0 Å². The number of rotatable bonds is 5. The molecule has 2 aliphatic rings. The molecule has 1 fully saturated rings. The van der Waals surface area contributed by atoms with Crippen LogP contribution in [0, 0.1) is 0 Å². The van der Waals surface area contributed by atoms with Crippen molar-refractivity contribution in [3.8, 4) is 22.6 Å². The topological polar surface area (TPSA) is 78.1 Å². The van der Waals surface area contributed by atoms with E-state index in [0.717, 1.165) is 66.4 Å². The quantitative estimate of drug-likeness (QED) is 0.326. The number of anilines is 2. The van der Waals surface area contributed by atoms with E-state index in [2.05, 4.69) is 38.4 Å². The Hall–Kier alpha value is -3.13. The molecule has 2 N–H and O–H groups in total. The van der Waals surface area contributed by atoms with Crippen molar-refractivity contribution in [2.45, 2.75) is 31.8 Å². The second kappa shape index (κ2) is 9.97. The highest BCUT2D eigenvalue weighted by Gasteiger charge is 2.30. The summed E-state index contributed by atoms with van der Waals surface area (Å²) in [6.45, 7) is 1.80. The molecular formula is C29H29ClN4O2S. The molecule has 6 rings (SSSR count). The van der Waals surface area contributed by atoms with Crippen molar-refractivity contribution in [2.75, 3.05) is 23.4 Å². The van der Waals surface area contributed by atoms with Gasteiger partial charge in [-0.1, -0.05) is 54.1 Å².